The number of hydrogen-bond donors (Lipinski definition) is 3. The van der Waals surface area contributed by atoms with Crippen molar-refractivity contribution >= 4 is 19.2 Å². The molecule has 3 rings (SSSR count). The number of rotatable bonds is 6. The van der Waals surface area contributed by atoms with Crippen LogP contribution in [0.25, 0.3) is 0 Å². The second-order valence-corrected chi connectivity index (χ2v) is 8.54. The van der Waals surface area contributed by atoms with Gasteiger partial charge in [0.1, 0.15) is 23.6 Å². The van der Waals surface area contributed by atoms with E-state index in [0.717, 1.165) is 57.4 Å². The van der Waals surface area contributed by atoms with Gasteiger partial charge < -0.3 is 24.7 Å². The second-order valence-electron chi connectivity index (χ2n) is 6.90. The van der Waals surface area contributed by atoms with Crippen LogP contribution in [0.5, 0.6) is 0 Å². The highest BCUT2D eigenvalue weighted by Gasteiger charge is 2.24. The summed E-state index contributed by atoms with van der Waals surface area (Å²) in [5.74, 6) is 1.61. The Morgan fingerprint density at radius 1 is 1.24 bits per heavy atom. The molecule has 140 valence electrons. The summed E-state index contributed by atoms with van der Waals surface area (Å²) in [6, 6.07) is 2.20. The van der Waals surface area contributed by atoms with Crippen molar-refractivity contribution in [1.29, 1.82) is 0 Å². The Morgan fingerprint density at radius 2 is 1.92 bits per heavy atom. The Labute approximate surface area is 148 Å². The van der Waals surface area contributed by atoms with Gasteiger partial charge in [-0.2, -0.15) is 0 Å². The van der Waals surface area contributed by atoms with Crippen molar-refractivity contribution in [3.63, 3.8) is 0 Å². The third-order valence-electron chi connectivity index (χ3n) is 4.90. The van der Waals surface area contributed by atoms with E-state index in [2.05, 4.69) is 20.2 Å². The molecule has 2 aliphatic rings. The molecule has 1 saturated heterocycles. The average molecular weight is 370 g/mol. The smallest absolute Gasteiger partial charge is 0.333 e. The lowest BCUT2D eigenvalue weighted by Crippen LogP contribution is -2.30. The number of nitrogens with zero attached hydrogens (tertiary/aromatic N) is 3. The van der Waals surface area contributed by atoms with Crippen molar-refractivity contribution in [2.24, 2.45) is 0 Å². The normalized spacial score (nSPS) is 24.5. The second kappa shape index (κ2) is 7.99. The molecule has 1 aromatic rings. The molecule has 0 unspecified atom stereocenters. The predicted octanol–water partition coefficient (Wildman–Crippen LogP) is 2.12. The summed E-state index contributed by atoms with van der Waals surface area (Å²) in [7, 11) is -2.45. The van der Waals surface area contributed by atoms with Gasteiger partial charge in [0.2, 0.25) is 0 Å². The molecule has 0 aromatic carbocycles. The van der Waals surface area contributed by atoms with Crippen molar-refractivity contribution in [3.8, 4) is 0 Å². The maximum atomic E-state index is 11.4. The van der Waals surface area contributed by atoms with E-state index in [0.29, 0.717) is 18.0 Å². The zero-order valence-electron chi connectivity index (χ0n) is 14.6. The van der Waals surface area contributed by atoms with Crippen molar-refractivity contribution in [3.05, 3.63) is 11.9 Å². The fourth-order valence-electron chi connectivity index (χ4n) is 3.57. The maximum absolute atomic E-state index is 11.4. The summed E-state index contributed by atoms with van der Waals surface area (Å²) in [6.07, 6.45) is 6.13. The fraction of sp³-hybridized carbons (Fsp3) is 0.750. The third-order valence-corrected chi connectivity index (χ3v) is 5.59. The highest BCUT2D eigenvalue weighted by Crippen LogP contribution is 2.38. The molecular weight excluding hydrogens is 343 g/mol. The molecule has 9 heteroatoms. The van der Waals surface area contributed by atoms with Gasteiger partial charge in [-0.15, -0.1) is 0 Å². The Hall–Kier alpha value is -1.21. The van der Waals surface area contributed by atoms with Gasteiger partial charge >= 0.3 is 7.60 Å². The molecule has 0 radical (unpaired) electrons. The first-order chi connectivity index (χ1) is 11.9. The molecule has 1 aliphatic heterocycles. The molecule has 25 heavy (non-hydrogen) atoms. The lowest BCUT2D eigenvalue weighted by atomic mass is 9.93. The zero-order valence-corrected chi connectivity index (χ0v) is 15.5. The minimum absolute atomic E-state index is 0.200. The minimum Gasteiger partial charge on any atom is -0.381 e. The van der Waals surface area contributed by atoms with Crippen LogP contribution in [0.3, 0.4) is 0 Å². The first-order valence-corrected chi connectivity index (χ1v) is 10.7. The molecule has 0 amide bonds. The lowest BCUT2D eigenvalue weighted by Gasteiger charge is -2.29. The summed E-state index contributed by atoms with van der Waals surface area (Å²) in [6.45, 7) is 1.84. The summed E-state index contributed by atoms with van der Waals surface area (Å²) in [5.41, 5.74) is 0. The number of nitrogens with one attached hydrogen (secondary N) is 1. The molecular formula is C16H27N4O4P. The number of anilines is 2. The van der Waals surface area contributed by atoms with Crippen LogP contribution in [0.1, 0.15) is 44.3 Å². The van der Waals surface area contributed by atoms with Crippen LogP contribution in [-0.4, -0.2) is 52.1 Å². The van der Waals surface area contributed by atoms with E-state index >= 15 is 0 Å². The van der Waals surface area contributed by atoms with Crippen LogP contribution in [-0.2, 0) is 15.5 Å². The van der Waals surface area contributed by atoms with Crippen molar-refractivity contribution < 1.29 is 19.1 Å². The maximum Gasteiger partial charge on any atom is 0.333 e. The Balaban J connectivity index is 1.76. The quantitative estimate of drug-likeness (QED) is 0.654. The van der Waals surface area contributed by atoms with Crippen LogP contribution < -0.4 is 10.2 Å². The van der Waals surface area contributed by atoms with E-state index < -0.39 is 13.8 Å². The molecule has 2 fully saturated rings. The van der Waals surface area contributed by atoms with Gasteiger partial charge in [0, 0.05) is 32.3 Å². The number of aromatic nitrogens is 2. The fourth-order valence-corrected chi connectivity index (χ4v) is 4.08. The van der Waals surface area contributed by atoms with Crippen LogP contribution in [0.4, 0.5) is 11.6 Å². The molecule has 8 nitrogen and oxygen atoms in total. The lowest BCUT2D eigenvalue weighted by molar-refractivity contribution is 0.0681. The summed E-state index contributed by atoms with van der Waals surface area (Å²) < 4.78 is 16.8. The van der Waals surface area contributed by atoms with Gasteiger partial charge in [0.25, 0.3) is 0 Å². The van der Waals surface area contributed by atoms with Gasteiger partial charge in [-0.05, 0) is 38.5 Å². The van der Waals surface area contributed by atoms with E-state index in [-0.39, 0.29) is 5.82 Å². The molecule has 2 heterocycles. The van der Waals surface area contributed by atoms with Gasteiger partial charge in [0.05, 0.1) is 6.10 Å². The molecule has 1 aromatic heterocycles. The Bertz CT molecular complexity index is 625. The first kappa shape index (κ1) is 18.6. The monoisotopic (exact) mass is 370 g/mol. The van der Waals surface area contributed by atoms with Crippen molar-refractivity contribution in [2.45, 2.75) is 56.8 Å². The molecule has 3 N–H and O–H groups in total. The molecule has 1 saturated carbocycles. The zero-order chi connectivity index (χ0) is 17.9. The SMILES string of the molecule is COC1CCC(Nc2cc(N3CCCC3)nc(CP(=O)(O)O)n2)CC1. The summed E-state index contributed by atoms with van der Waals surface area (Å²) in [4.78, 5) is 29.4. The van der Waals surface area contributed by atoms with Gasteiger partial charge in [-0.3, -0.25) is 4.57 Å². The first-order valence-electron chi connectivity index (χ1n) is 8.90. The predicted molar refractivity (Wildman–Crippen MR) is 95.9 cm³/mol. The molecule has 0 spiro atoms. The third kappa shape index (κ3) is 5.38. The molecule has 0 bridgehead atoms. The van der Waals surface area contributed by atoms with Gasteiger partial charge in [-0.1, -0.05) is 0 Å². The standard InChI is InChI=1S/C16H27N4O4P/c1-24-13-6-4-12(5-7-13)17-14-10-16(20-8-2-3-9-20)19-15(18-14)11-25(21,22)23/h10,12-13H,2-9,11H2,1H3,(H,17,18,19)(H2,21,22,23). The topological polar surface area (TPSA) is 108 Å². The van der Waals surface area contributed by atoms with Crippen molar-refractivity contribution in [1.82, 2.24) is 9.97 Å². The van der Waals surface area contributed by atoms with E-state index in [1.54, 1.807) is 7.11 Å². The number of methoxy groups -OCH3 is 1. The van der Waals surface area contributed by atoms with Crippen LogP contribution in [0.2, 0.25) is 0 Å². The number of hydrogen-bond acceptors (Lipinski definition) is 6. The minimum atomic E-state index is -4.20. The van der Waals surface area contributed by atoms with Gasteiger partial charge in [-0.25, -0.2) is 9.97 Å². The van der Waals surface area contributed by atoms with Crippen LogP contribution >= 0.6 is 7.60 Å². The van der Waals surface area contributed by atoms with Crippen LogP contribution in [0, 0.1) is 0 Å². The average Bonchev–Trinajstić information content (AvgIpc) is 3.08. The Morgan fingerprint density at radius 3 is 2.52 bits per heavy atom. The van der Waals surface area contributed by atoms with E-state index in [9.17, 15) is 14.4 Å². The largest absolute Gasteiger partial charge is 0.381 e. The van der Waals surface area contributed by atoms with Gasteiger partial charge in [0.15, 0.2) is 0 Å². The van der Waals surface area contributed by atoms with Crippen molar-refractivity contribution in [2.75, 3.05) is 30.4 Å². The highest BCUT2D eigenvalue weighted by molar-refractivity contribution is 7.50. The van der Waals surface area contributed by atoms with E-state index in [4.69, 9.17) is 4.74 Å². The van der Waals surface area contributed by atoms with Crippen LogP contribution in [0.15, 0.2) is 6.07 Å². The van der Waals surface area contributed by atoms with E-state index in [1.807, 2.05) is 6.07 Å². The summed E-state index contributed by atoms with van der Waals surface area (Å²) >= 11 is 0. The van der Waals surface area contributed by atoms with E-state index in [1.165, 1.54) is 0 Å². The summed E-state index contributed by atoms with van der Waals surface area (Å²) in [5, 5.41) is 3.43. The number of ether oxygens (including phenoxy) is 1. The molecule has 0 atom stereocenters. The highest BCUT2D eigenvalue weighted by atomic mass is 31.2. The molecule has 1 aliphatic carbocycles. The Kier molecular flexibility index (Phi) is 5.94.